The third kappa shape index (κ3) is 3.84. The van der Waals surface area contributed by atoms with Crippen LogP contribution < -0.4 is 14.8 Å². The molecule has 8 heteroatoms. The van der Waals surface area contributed by atoms with E-state index in [0.717, 1.165) is 52.4 Å². The third-order valence-electron chi connectivity index (χ3n) is 6.35. The Morgan fingerprint density at radius 3 is 2.71 bits per heavy atom. The summed E-state index contributed by atoms with van der Waals surface area (Å²) in [6, 6.07) is 12.8. The van der Waals surface area contributed by atoms with Crippen molar-refractivity contribution in [3.05, 3.63) is 64.0 Å². The van der Waals surface area contributed by atoms with Crippen LogP contribution in [0.15, 0.2) is 42.5 Å². The Labute approximate surface area is 200 Å². The van der Waals surface area contributed by atoms with Crippen molar-refractivity contribution in [3.63, 3.8) is 0 Å². The number of anilines is 1. The molecule has 0 bridgehead atoms. The summed E-state index contributed by atoms with van der Waals surface area (Å²) in [5, 5.41) is 13.9. The predicted octanol–water partition coefficient (Wildman–Crippen LogP) is 5.32. The summed E-state index contributed by atoms with van der Waals surface area (Å²) in [6.07, 6.45) is 5.37. The molecule has 34 heavy (non-hydrogen) atoms. The molecule has 0 saturated heterocycles. The van der Waals surface area contributed by atoms with Gasteiger partial charge in [-0.25, -0.2) is 14.8 Å². The first-order valence-electron chi connectivity index (χ1n) is 11.4. The van der Waals surface area contributed by atoms with Gasteiger partial charge in [0.15, 0.2) is 17.3 Å². The Balaban J connectivity index is 1.32. The van der Waals surface area contributed by atoms with E-state index in [2.05, 4.69) is 11.4 Å². The fourth-order valence-corrected chi connectivity index (χ4v) is 5.86. The highest BCUT2D eigenvalue weighted by Crippen LogP contribution is 2.40. The molecule has 0 amide bonds. The number of aryl methyl sites for hydroxylation is 2. The number of nitrogens with one attached hydrogen (secondary N) is 1. The molecular formula is C26H23N3O4S. The lowest BCUT2D eigenvalue weighted by molar-refractivity contribution is 0.0697. The van der Waals surface area contributed by atoms with Gasteiger partial charge in [-0.3, -0.25) is 0 Å². The molecule has 2 aliphatic rings. The first kappa shape index (κ1) is 20.9. The molecule has 7 nitrogen and oxygen atoms in total. The van der Waals surface area contributed by atoms with Gasteiger partial charge in [-0.1, -0.05) is 18.2 Å². The molecule has 6 rings (SSSR count). The molecule has 1 aliphatic heterocycles. The molecule has 0 fully saturated rings. The van der Waals surface area contributed by atoms with Crippen molar-refractivity contribution >= 4 is 33.3 Å². The fourth-order valence-electron chi connectivity index (χ4n) is 4.60. The Morgan fingerprint density at radius 1 is 1.03 bits per heavy atom. The van der Waals surface area contributed by atoms with E-state index < -0.39 is 5.97 Å². The molecule has 2 aromatic carbocycles. The van der Waals surface area contributed by atoms with Gasteiger partial charge in [-0.05, 0) is 67.5 Å². The van der Waals surface area contributed by atoms with E-state index in [1.54, 1.807) is 35.6 Å². The highest BCUT2D eigenvalue weighted by atomic mass is 32.1. The summed E-state index contributed by atoms with van der Waals surface area (Å²) in [4.78, 5) is 23.4. The lowest BCUT2D eigenvalue weighted by Crippen LogP contribution is -2.09. The predicted molar refractivity (Wildman–Crippen MR) is 131 cm³/mol. The number of hydrogen-bond donors (Lipinski definition) is 2. The molecule has 2 N–H and O–H groups in total. The maximum absolute atomic E-state index is 11.2. The molecule has 172 valence electrons. The van der Waals surface area contributed by atoms with E-state index in [1.165, 1.54) is 28.8 Å². The van der Waals surface area contributed by atoms with E-state index in [1.807, 2.05) is 12.1 Å². The molecule has 1 aliphatic carbocycles. The van der Waals surface area contributed by atoms with Crippen LogP contribution in [0.3, 0.4) is 0 Å². The number of aromatic nitrogens is 2. The molecular weight excluding hydrogens is 450 g/mol. The van der Waals surface area contributed by atoms with Crippen LogP contribution in [0.25, 0.3) is 21.6 Å². The summed E-state index contributed by atoms with van der Waals surface area (Å²) in [7, 11) is 0. The first-order valence-corrected chi connectivity index (χ1v) is 12.3. The van der Waals surface area contributed by atoms with Crippen LogP contribution >= 0.6 is 11.3 Å². The number of benzene rings is 2. The highest BCUT2D eigenvalue weighted by molar-refractivity contribution is 7.19. The Bertz CT molecular complexity index is 1400. The minimum absolute atomic E-state index is 0.249. The standard InChI is InChI=1S/C26H23N3O4S/c30-26(31)17-8-6-16(7-9-17)23-28-24(22-18-3-1-2-4-21(18)34-25(22)29-23)27-12-11-15-5-10-19-20(13-15)33-14-32-19/h5-10,13H,1-4,11-12,14H2,(H,30,31)(H,27,28,29). The second-order valence-corrected chi connectivity index (χ2v) is 9.62. The molecule has 0 saturated carbocycles. The van der Waals surface area contributed by atoms with Gasteiger partial charge in [0.25, 0.3) is 0 Å². The van der Waals surface area contributed by atoms with Crippen molar-refractivity contribution in [2.45, 2.75) is 32.1 Å². The molecule has 0 atom stereocenters. The minimum atomic E-state index is -0.945. The van der Waals surface area contributed by atoms with Gasteiger partial charge in [0.2, 0.25) is 6.79 Å². The van der Waals surface area contributed by atoms with E-state index in [0.29, 0.717) is 12.4 Å². The second kappa shape index (κ2) is 8.61. The quantitative estimate of drug-likeness (QED) is 0.391. The van der Waals surface area contributed by atoms with Crippen LogP contribution in [0.5, 0.6) is 11.5 Å². The van der Waals surface area contributed by atoms with E-state index >= 15 is 0 Å². The fraction of sp³-hybridized carbons (Fsp3) is 0.269. The maximum Gasteiger partial charge on any atom is 0.335 e. The zero-order valence-electron chi connectivity index (χ0n) is 18.5. The molecule has 3 heterocycles. The van der Waals surface area contributed by atoms with Crippen molar-refractivity contribution in [2.24, 2.45) is 0 Å². The van der Waals surface area contributed by atoms with Crippen LogP contribution in [0.4, 0.5) is 5.82 Å². The average molecular weight is 474 g/mol. The first-order chi connectivity index (χ1) is 16.7. The van der Waals surface area contributed by atoms with Crippen molar-refractivity contribution in [3.8, 4) is 22.9 Å². The normalized spacial score (nSPS) is 14.2. The van der Waals surface area contributed by atoms with Crippen molar-refractivity contribution in [1.29, 1.82) is 0 Å². The van der Waals surface area contributed by atoms with Gasteiger partial charge < -0.3 is 19.9 Å². The maximum atomic E-state index is 11.2. The van der Waals surface area contributed by atoms with Gasteiger partial charge in [-0.15, -0.1) is 11.3 Å². The summed E-state index contributed by atoms with van der Waals surface area (Å²) in [5.74, 6) is 2.09. The number of nitrogens with zero attached hydrogens (tertiary/aromatic N) is 2. The molecule has 0 unspecified atom stereocenters. The molecule has 0 spiro atoms. The van der Waals surface area contributed by atoms with Crippen LogP contribution in [0, 0.1) is 0 Å². The molecule has 2 aromatic heterocycles. The van der Waals surface area contributed by atoms with Gasteiger partial charge in [0.1, 0.15) is 10.6 Å². The number of rotatable bonds is 6. The average Bonchev–Trinajstić information content (AvgIpc) is 3.48. The number of ether oxygens (including phenoxy) is 2. The zero-order chi connectivity index (χ0) is 23.1. The van der Waals surface area contributed by atoms with Crippen molar-refractivity contribution in [1.82, 2.24) is 9.97 Å². The van der Waals surface area contributed by atoms with E-state index in [-0.39, 0.29) is 12.4 Å². The Kier molecular flexibility index (Phi) is 5.30. The minimum Gasteiger partial charge on any atom is -0.478 e. The number of aromatic carboxylic acids is 1. The Hall–Kier alpha value is -3.65. The van der Waals surface area contributed by atoms with Crippen LogP contribution in [-0.4, -0.2) is 34.4 Å². The number of hydrogen-bond acceptors (Lipinski definition) is 7. The van der Waals surface area contributed by atoms with E-state index in [4.69, 9.17) is 19.4 Å². The Morgan fingerprint density at radius 2 is 1.85 bits per heavy atom. The van der Waals surface area contributed by atoms with E-state index in [9.17, 15) is 9.90 Å². The number of thiophene rings is 1. The topological polar surface area (TPSA) is 93.6 Å². The van der Waals surface area contributed by atoms with Crippen molar-refractivity contribution in [2.75, 3.05) is 18.7 Å². The van der Waals surface area contributed by atoms with Crippen LogP contribution in [-0.2, 0) is 19.3 Å². The molecule has 4 aromatic rings. The van der Waals surface area contributed by atoms with Crippen LogP contribution in [0.2, 0.25) is 0 Å². The number of carboxylic acids is 1. The number of carboxylic acid groups (broad SMARTS) is 1. The largest absolute Gasteiger partial charge is 0.478 e. The lowest BCUT2D eigenvalue weighted by Gasteiger charge is -2.13. The summed E-state index contributed by atoms with van der Waals surface area (Å²) in [6.45, 7) is 0.989. The summed E-state index contributed by atoms with van der Waals surface area (Å²) >= 11 is 1.76. The highest BCUT2D eigenvalue weighted by Gasteiger charge is 2.22. The lowest BCUT2D eigenvalue weighted by atomic mass is 9.97. The van der Waals surface area contributed by atoms with Crippen LogP contribution in [0.1, 0.15) is 39.2 Å². The molecule has 0 radical (unpaired) electrons. The van der Waals surface area contributed by atoms with Gasteiger partial charge in [0, 0.05) is 17.0 Å². The summed E-state index contributed by atoms with van der Waals surface area (Å²) in [5.41, 5.74) is 3.60. The van der Waals surface area contributed by atoms with Gasteiger partial charge >= 0.3 is 5.97 Å². The SMILES string of the molecule is O=C(O)c1ccc(-c2nc(NCCc3ccc4c(c3)OCO4)c3c4c(sc3n2)CCCC4)cc1. The number of carbonyl (C=O) groups is 1. The summed E-state index contributed by atoms with van der Waals surface area (Å²) < 4.78 is 10.9. The van der Waals surface area contributed by atoms with Gasteiger partial charge in [0.05, 0.1) is 10.9 Å². The smallest absolute Gasteiger partial charge is 0.335 e. The third-order valence-corrected chi connectivity index (χ3v) is 7.53. The zero-order valence-corrected chi connectivity index (χ0v) is 19.3. The monoisotopic (exact) mass is 473 g/mol. The van der Waals surface area contributed by atoms with Gasteiger partial charge in [-0.2, -0.15) is 0 Å². The van der Waals surface area contributed by atoms with Crippen molar-refractivity contribution < 1.29 is 19.4 Å². The number of fused-ring (bicyclic) bond motifs is 4. The second-order valence-electron chi connectivity index (χ2n) is 8.53.